The summed E-state index contributed by atoms with van der Waals surface area (Å²) in [5.74, 6) is -0.454. The molecule has 0 fully saturated rings. The maximum atomic E-state index is 13.7. The Morgan fingerprint density at radius 3 is 2.50 bits per heavy atom. The molecule has 0 spiro atoms. The molecule has 0 saturated heterocycles. The predicted molar refractivity (Wildman–Crippen MR) is 141 cm³/mol. The summed E-state index contributed by atoms with van der Waals surface area (Å²) >= 11 is 7.65. The molecule has 0 aliphatic carbocycles. The summed E-state index contributed by atoms with van der Waals surface area (Å²) in [6.45, 7) is 4.01. The fourth-order valence-corrected chi connectivity index (χ4v) is 6.01. The highest BCUT2D eigenvalue weighted by atomic mass is 35.5. The van der Waals surface area contributed by atoms with Crippen LogP contribution in [0, 0.1) is 6.92 Å². The summed E-state index contributed by atoms with van der Waals surface area (Å²) in [6.07, 6.45) is 0.487. The van der Waals surface area contributed by atoms with Crippen molar-refractivity contribution in [2.45, 2.75) is 33.4 Å². The van der Waals surface area contributed by atoms with Crippen LogP contribution in [0.1, 0.15) is 22.9 Å². The van der Waals surface area contributed by atoms with Crippen LogP contribution in [0.15, 0.2) is 58.1 Å². The summed E-state index contributed by atoms with van der Waals surface area (Å²) in [6, 6.07) is 14.0. The maximum Gasteiger partial charge on any atom is 0.337 e. The number of rotatable bonds is 4. The molecule has 184 valence electrons. The molecule has 0 atom stereocenters. The lowest BCUT2D eigenvalue weighted by Gasteiger charge is -2.25. The molecule has 0 bridgehead atoms. The van der Waals surface area contributed by atoms with Crippen molar-refractivity contribution >= 4 is 50.7 Å². The first-order valence-electron chi connectivity index (χ1n) is 11.4. The number of para-hydroxylation sites is 1. The standard InChI is InChI=1S/C26H23ClN4O4S/c1-15-7-9-17(10-8-15)28-22(33)14-30-25-23(18-11-12-29(16(2)32)13-21(18)36-25)24(34)31(26(30)35)20-6-4-3-5-19(20)27/h3-10H,11-14H2,1-2H3,(H,28,33). The monoisotopic (exact) mass is 522 g/mol. The summed E-state index contributed by atoms with van der Waals surface area (Å²) in [7, 11) is 0. The Morgan fingerprint density at radius 1 is 1.08 bits per heavy atom. The highest BCUT2D eigenvalue weighted by Crippen LogP contribution is 2.33. The molecule has 36 heavy (non-hydrogen) atoms. The Labute approximate surface area is 215 Å². The van der Waals surface area contributed by atoms with Crippen molar-refractivity contribution in [3.63, 3.8) is 0 Å². The van der Waals surface area contributed by atoms with Gasteiger partial charge in [0.05, 0.1) is 22.6 Å². The largest absolute Gasteiger partial charge is 0.337 e. The summed E-state index contributed by atoms with van der Waals surface area (Å²) in [5, 5.41) is 3.46. The molecule has 4 aromatic rings. The van der Waals surface area contributed by atoms with Gasteiger partial charge < -0.3 is 10.2 Å². The van der Waals surface area contributed by atoms with E-state index in [1.807, 2.05) is 19.1 Å². The molecule has 2 amide bonds. The highest BCUT2D eigenvalue weighted by molar-refractivity contribution is 7.18. The van der Waals surface area contributed by atoms with Crippen LogP contribution < -0.4 is 16.6 Å². The number of amides is 2. The SMILES string of the molecule is CC(=O)N1CCc2c(sc3c2c(=O)n(-c2ccccc2Cl)c(=O)n3CC(=O)Nc2ccc(C)cc2)C1. The third kappa shape index (κ3) is 4.25. The van der Waals surface area contributed by atoms with Crippen molar-refractivity contribution in [2.75, 3.05) is 11.9 Å². The van der Waals surface area contributed by atoms with Gasteiger partial charge in [-0.05, 0) is 43.2 Å². The summed E-state index contributed by atoms with van der Waals surface area (Å²) in [5.41, 5.74) is 1.60. The van der Waals surface area contributed by atoms with Gasteiger partial charge in [0.15, 0.2) is 0 Å². The first kappa shape index (κ1) is 24.0. The van der Waals surface area contributed by atoms with Gasteiger partial charge in [0.2, 0.25) is 11.8 Å². The Bertz CT molecular complexity index is 1630. The number of halogens is 1. The van der Waals surface area contributed by atoms with E-state index in [4.69, 9.17) is 11.6 Å². The van der Waals surface area contributed by atoms with Crippen molar-refractivity contribution in [1.82, 2.24) is 14.0 Å². The van der Waals surface area contributed by atoms with Crippen LogP contribution in [0.4, 0.5) is 5.69 Å². The predicted octanol–water partition coefficient (Wildman–Crippen LogP) is 3.72. The van der Waals surface area contributed by atoms with Gasteiger partial charge in [-0.25, -0.2) is 9.36 Å². The van der Waals surface area contributed by atoms with Crippen molar-refractivity contribution in [3.8, 4) is 5.69 Å². The number of carbonyl (C=O) groups is 2. The number of nitrogens with one attached hydrogen (secondary N) is 1. The number of fused-ring (bicyclic) bond motifs is 3. The molecule has 1 aliphatic rings. The van der Waals surface area contributed by atoms with E-state index < -0.39 is 17.2 Å². The molecule has 1 N–H and O–H groups in total. The van der Waals surface area contributed by atoms with Crippen LogP contribution in [-0.4, -0.2) is 32.4 Å². The molecule has 5 rings (SSSR count). The Kier molecular flexibility index (Phi) is 6.27. The second kappa shape index (κ2) is 9.40. The third-order valence-electron chi connectivity index (χ3n) is 6.30. The number of hydrogen-bond donors (Lipinski definition) is 1. The minimum atomic E-state index is -0.651. The average Bonchev–Trinajstić information content (AvgIpc) is 3.23. The molecular formula is C26H23ClN4O4S. The minimum Gasteiger partial charge on any atom is -0.337 e. The van der Waals surface area contributed by atoms with Crippen LogP contribution in [0.3, 0.4) is 0 Å². The van der Waals surface area contributed by atoms with E-state index in [9.17, 15) is 19.2 Å². The van der Waals surface area contributed by atoms with Crippen molar-refractivity contribution < 1.29 is 9.59 Å². The second-order valence-electron chi connectivity index (χ2n) is 8.75. The van der Waals surface area contributed by atoms with Crippen molar-refractivity contribution in [2.24, 2.45) is 0 Å². The fourth-order valence-electron chi connectivity index (χ4n) is 4.44. The lowest BCUT2D eigenvalue weighted by molar-refractivity contribution is -0.129. The number of anilines is 1. The molecular weight excluding hydrogens is 500 g/mol. The van der Waals surface area contributed by atoms with E-state index in [1.54, 1.807) is 41.3 Å². The molecule has 0 unspecified atom stereocenters. The van der Waals surface area contributed by atoms with E-state index in [-0.39, 0.29) is 23.2 Å². The Hall–Kier alpha value is -3.69. The van der Waals surface area contributed by atoms with E-state index >= 15 is 0 Å². The zero-order valence-electron chi connectivity index (χ0n) is 19.7. The van der Waals surface area contributed by atoms with Crippen molar-refractivity contribution in [1.29, 1.82) is 0 Å². The molecule has 0 radical (unpaired) electrons. The van der Waals surface area contributed by atoms with Gasteiger partial charge in [0, 0.05) is 24.0 Å². The second-order valence-corrected chi connectivity index (χ2v) is 10.2. The van der Waals surface area contributed by atoms with Crippen LogP contribution in [-0.2, 0) is 29.1 Å². The molecule has 3 heterocycles. The van der Waals surface area contributed by atoms with Gasteiger partial charge in [-0.1, -0.05) is 41.4 Å². The fraction of sp³-hybridized carbons (Fsp3) is 0.231. The van der Waals surface area contributed by atoms with Crippen LogP contribution in [0.5, 0.6) is 0 Å². The van der Waals surface area contributed by atoms with Gasteiger partial charge >= 0.3 is 5.69 Å². The summed E-state index contributed by atoms with van der Waals surface area (Å²) in [4.78, 5) is 55.4. The maximum absolute atomic E-state index is 13.7. The zero-order chi connectivity index (χ0) is 25.6. The zero-order valence-corrected chi connectivity index (χ0v) is 21.3. The first-order chi connectivity index (χ1) is 17.2. The average molecular weight is 523 g/mol. The van der Waals surface area contributed by atoms with E-state index in [0.29, 0.717) is 35.4 Å². The molecule has 2 aromatic heterocycles. The van der Waals surface area contributed by atoms with Crippen LogP contribution in [0.2, 0.25) is 5.02 Å². The van der Waals surface area contributed by atoms with Gasteiger partial charge in [-0.3, -0.25) is 19.0 Å². The van der Waals surface area contributed by atoms with Gasteiger partial charge in [0.25, 0.3) is 5.56 Å². The van der Waals surface area contributed by atoms with Crippen molar-refractivity contribution in [3.05, 3.63) is 90.4 Å². The number of aromatic nitrogens is 2. The number of hydrogen-bond acceptors (Lipinski definition) is 5. The van der Waals surface area contributed by atoms with Gasteiger partial charge in [0.1, 0.15) is 11.4 Å². The van der Waals surface area contributed by atoms with E-state index in [1.165, 1.54) is 22.8 Å². The number of aryl methyl sites for hydroxylation is 1. The Balaban J connectivity index is 1.68. The molecule has 10 heteroatoms. The van der Waals surface area contributed by atoms with E-state index in [0.717, 1.165) is 20.6 Å². The van der Waals surface area contributed by atoms with Gasteiger partial charge in [-0.2, -0.15) is 0 Å². The molecule has 1 aliphatic heterocycles. The number of benzene rings is 2. The quantitative estimate of drug-likeness (QED) is 0.442. The number of nitrogens with zero attached hydrogens (tertiary/aromatic N) is 3. The number of thiophene rings is 1. The minimum absolute atomic E-state index is 0.0542. The van der Waals surface area contributed by atoms with Crippen LogP contribution >= 0.6 is 22.9 Å². The number of carbonyl (C=O) groups excluding carboxylic acids is 2. The first-order valence-corrected chi connectivity index (χ1v) is 12.6. The summed E-state index contributed by atoms with van der Waals surface area (Å²) < 4.78 is 2.36. The molecule has 2 aromatic carbocycles. The highest BCUT2D eigenvalue weighted by Gasteiger charge is 2.28. The molecule has 0 saturated carbocycles. The Morgan fingerprint density at radius 2 is 1.81 bits per heavy atom. The van der Waals surface area contributed by atoms with Gasteiger partial charge in [-0.15, -0.1) is 11.3 Å². The normalized spacial score (nSPS) is 13.0. The lowest BCUT2D eigenvalue weighted by atomic mass is 10.1. The molecule has 8 nitrogen and oxygen atoms in total. The van der Waals surface area contributed by atoms with E-state index in [2.05, 4.69) is 5.32 Å². The lowest BCUT2D eigenvalue weighted by Crippen LogP contribution is -2.41. The topological polar surface area (TPSA) is 93.4 Å². The smallest absolute Gasteiger partial charge is 0.337 e. The van der Waals surface area contributed by atoms with Crippen LogP contribution in [0.25, 0.3) is 15.9 Å². The third-order valence-corrected chi connectivity index (χ3v) is 7.86.